The molecule has 0 radical (unpaired) electrons. The van der Waals surface area contributed by atoms with Crippen LogP contribution < -0.4 is 4.74 Å². The number of unbranched alkanes of at least 4 members (excludes halogenated alkanes) is 12. The van der Waals surface area contributed by atoms with E-state index in [4.69, 9.17) is 4.74 Å². The van der Waals surface area contributed by atoms with Gasteiger partial charge in [-0.05, 0) is 18.6 Å². The van der Waals surface area contributed by atoms with E-state index >= 15 is 0 Å². The SMILES string of the molecule is CCCCCCCCCCCCCCCOc1ccccc1O. The molecule has 0 unspecified atom stereocenters. The van der Waals surface area contributed by atoms with Crippen LogP contribution in [0.5, 0.6) is 11.5 Å². The molecule has 0 fully saturated rings. The quantitative estimate of drug-likeness (QED) is 0.358. The lowest BCUT2D eigenvalue weighted by atomic mass is 10.0. The van der Waals surface area contributed by atoms with Gasteiger partial charge in [-0.2, -0.15) is 0 Å². The van der Waals surface area contributed by atoms with Gasteiger partial charge in [0.2, 0.25) is 0 Å². The predicted octanol–water partition coefficient (Wildman–Crippen LogP) is 6.86. The summed E-state index contributed by atoms with van der Waals surface area (Å²) in [5.74, 6) is 0.841. The van der Waals surface area contributed by atoms with Crippen LogP contribution in [0.1, 0.15) is 90.4 Å². The zero-order valence-corrected chi connectivity index (χ0v) is 15.1. The van der Waals surface area contributed by atoms with E-state index in [9.17, 15) is 5.11 Å². The van der Waals surface area contributed by atoms with Crippen LogP contribution in [0.15, 0.2) is 24.3 Å². The summed E-state index contributed by atoms with van der Waals surface area (Å²) in [4.78, 5) is 0. The van der Waals surface area contributed by atoms with Crippen molar-refractivity contribution in [1.29, 1.82) is 0 Å². The van der Waals surface area contributed by atoms with Crippen molar-refractivity contribution < 1.29 is 9.84 Å². The first-order chi connectivity index (χ1) is 11.3. The van der Waals surface area contributed by atoms with Crippen LogP contribution in [0.4, 0.5) is 0 Å². The second-order valence-corrected chi connectivity index (χ2v) is 6.56. The van der Waals surface area contributed by atoms with Gasteiger partial charge in [0.25, 0.3) is 0 Å². The van der Waals surface area contributed by atoms with Gasteiger partial charge in [0, 0.05) is 0 Å². The van der Waals surface area contributed by atoms with Gasteiger partial charge in [0.15, 0.2) is 11.5 Å². The first-order valence-electron chi connectivity index (χ1n) is 9.75. The molecule has 1 aromatic rings. The van der Waals surface area contributed by atoms with Gasteiger partial charge in [-0.15, -0.1) is 0 Å². The summed E-state index contributed by atoms with van der Waals surface area (Å²) >= 11 is 0. The Hall–Kier alpha value is -1.18. The van der Waals surface area contributed by atoms with Gasteiger partial charge < -0.3 is 9.84 Å². The fraction of sp³-hybridized carbons (Fsp3) is 0.714. The summed E-state index contributed by atoms with van der Waals surface area (Å²) in [6.07, 6.45) is 17.7. The fourth-order valence-corrected chi connectivity index (χ4v) is 2.88. The summed E-state index contributed by atoms with van der Waals surface area (Å²) in [7, 11) is 0. The molecule has 132 valence electrons. The van der Waals surface area contributed by atoms with Crippen LogP contribution in [0.25, 0.3) is 0 Å². The normalized spacial score (nSPS) is 10.8. The van der Waals surface area contributed by atoms with E-state index in [0.717, 1.165) is 6.42 Å². The molecule has 1 rings (SSSR count). The lowest BCUT2D eigenvalue weighted by Crippen LogP contribution is -1.97. The Bertz CT molecular complexity index is 376. The van der Waals surface area contributed by atoms with Crippen molar-refractivity contribution in [2.24, 2.45) is 0 Å². The first kappa shape index (κ1) is 19.9. The number of aromatic hydroxyl groups is 1. The molecule has 0 aliphatic carbocycles. The van der Waals surface area contributed by atoms with E-state index in [1.54, 1.807) is 6.07 Å². The number of phenolic OH excluding ortho intramolecular Hbond substituents is 1. The minimum Gasteiger partial charge on any atom is -0.504 e. The number of rotatable bonds is 15. The molecule has 0 saturated carbocycles. The molecule has 2 heteroatoms. The van der Waals surface area contributed by atoms with Crippen molar-refractivity contribution in [2.75, 3.05) is 6.61 Å². The Kier molecular flexibility index (Phi) is 12.5. The number of hydrogen-bond acceptors (Lipinski definition) is 2. The summed E-state index contributed by atoms with van der Waals surface area (Å²) in [6.45, 7) is 2.98. The van der Waals surface area contributed by atoms with E-state index in [2.05, 4.69) is 6.92 Å². The van der Waals surface area contributed by atoms with Crippen molar-refractivity contribution >= 4 is 0 Å². The Balaban J connectivity index is 1.79. The molecule has 0 aromatic heterocycles. The lowest BCUT2D eigenvalue weighted by molar-refractivity contribution is 0.288. The largest absolute Gasteiger partial charge is 0.504 e. The molecule has 0 saturated heterocycles. The maximum absolute atomic E-state index is 9.59. The minimum absolute atomic E-state index is 0.238. The monoisotopic (exact) mass is 320 g/mol. The summed E-state index contributed by atoms with van der Waals surface area (Å²) < 4.78 is 5.59. The van der Waals surface area contributed by atoms with Crippen LogP contribution in [0.3, 0.4) is 0 Å². The molecular formula is C21H36O2. The summed E-state index contributed by atoms with van der Waals surface area (Å²) in [5, 5.41) is 9.59. The number of benzene rings is 1. The smallest absolute Gasteiger partial charge is 0.160 e. The fourth-order valence-electron chi connectivity index (χ4n) is 2.88. The molecule has 0 bridgehead atoms. The van der Waals surface area contributed by atoms with E-state index < -0.39 is 0 Å². The van der Waals surface area contributed by atoms with E-state index in [1.165, 1.54) is 77.0 Å². The zero-order chi connectivity index (χ0) is 16.6. The zero-order valence-electron chi connectivity index (χ0n) is 15.1. The number of hydrogen-bond donors (Lipinski definition) is 1. The third kappa shape index (κ3) is 11.1. The number of para-hydroxylation sites is 2. The highest BCUT2D eigenvalue weighted by atomic mass is 16.5. The average molecular weight is 321 g/mol. The van der Waals surface area contributed by atoms with Crippen molar-refractivity contribution in [3.63, 3.8) is 0 Å². The summed E-state index contributed by atoms with van der Waals surface area (Å²) in [6, 6.07) is 7.18. The Labute approximate surface area is 143 Å². The van der Waals surface area contributed by atoms with Gasteiger partial charge in [-0.3, -0.25) is 0 Å². The van der Waals surface area contributed by atoms with Gasteiger partial charge in [-0.1, -0.05) is 96.1 Å². The third-order valence-electron chi connectivity index (χ3n) is 4.37. The van der Waals surface area contributed by atoms with Gasteiger partial charge in [0.05, 0.1) is 6.61 Å². The Morgan fingerprint density at radius 1 is 0.696 bits per heavy atom. The molecule has 0 spiro atoms. The molecule has 0 atom stereocenters. The minimum atomic E-state index is 0.238. The molecule has 0 amide bonds. The second kappa shape index (κ2) is 14.4. The van der Waals surface area contributed by atoms with Gasteiger partial charge in [-0.25, -0.2) is 0 Å². The average Bonchev–Trinajstić information content (AvgIpc) is 2.57. The highest BCUT2D eigenvalue weighted by Crippen LogP contribution is 2.24. The van der Waals surface area contributed by atoms with E-state index in [0.29, 0.717) is 12.4 Å². The van der Waals surface area contributed by atoms with Gasteiger partial charge in [0.1, 0.15) is 0 Å². The lowest BCUT2D eigenvalue weighted by Gasteiger charge is -2.07. The number of ether oxygens (including phenoxy) is 1. The highest BCUT2D eigenvalue weighted by molar-refractivity contribution is 5.37. The maximum Gasteiger partial charge on any atom is 0.160 e. The standard InChI is InChI=1S/C21H36O2/c1-2-3-4-5-6-7-8-9-10-11-12-13-16-19-23-21-18-15-14-17-20(21)22/h14-15,17-18,22H,2-13,16,19H2,1H3. The molecule has 1 N–H and O–H groups in total. The van der Waals surface area contributed by atoms with Crippen LogP contribution in [-0.2, 0) is 0 Å². The van der Waals surface area contributed by atoms with E-state index in [-0.39, 0.29) is 5.75 Å². The molecule has 2 nitrogen and oxygen atoms in total. The maximum atomic E-state index is 9.59. The van der Waals surface area contributed by atoms with Crippen LogP contribution >= 0.6 is 0 Å². The van der Waals surface area contributed by atoms with Crippen molar-refractivity contribution in [2.45, 2.75) is 90.4 Å². The highest BCUT2D eigenvalue weighted by Gasteiger charge is 1.99. The van der Waals surface area contributed by atoms with Gasteiger partial charge >= 0.3 is 0 Å². The Morgan fingerprint density at radius 2 is 1.17 bits per heavy atom. The molecule has 1 aromatic carbocycles. The Morgan fingerprint density at radius 3 is 1.70 bits per heavy atom. The van der Waals surface area contributed by atoms with Crippen LogP contribution in [-0.4, -0.2) is 11.7 Å². The van der Waals surface area contributed by atoms with Crippen LogP contribution in [0, 0.1) is 0 Å². The molecular weight excluding hydrogens is 284 g/mol. The van der Waals surface area contributed by atoms with Crippen molar-refractivity contribution in [3.05, 3.63) is 24.3 Å². The van der Waals surface area contributed by atoms with E-state index in [1.807, 2.05) is 18.2 Å². The first-order valence-corrected chi connectivity index (χ1v) is 9.75. The molecule has 0 aliphatic heterocycles. The van der Waals surface area contributed by atoms with Crippen molar-refractivity contribution in [1.82, 2.24) is 0 Å². The molecule has 0 aliphatic rings. The number of phenols is 1. The second-order valence-electron chi connectivity index (χ2n) is 6.56. The molecule has 0 heterocycles. The van der Waals surface area contributed by atoms with Crippen LogP contribution in [0.2, 0.25) is 0 Å². The third-order valence-corrected chi connectivity index (χ3v) is 4.37. The van der Waals surface area contributed by atoms with Crippen molar-refractivity contribution in [3.8, 4) is 11.5 Å². The molecule has 23 heavy (non-hydrogen) atoms. The topological polar surface area (TPSA) is 29.5 Å². The predicted molar refractivity (Wildman–Crippen MR) is 99.3 cm³/mol. The summed E-state index contributed by atoms with van der Waals surface area (Å²) in [5.41, 5.74) is 0.